The molecule has 1 fully saturated rings. The summed E-state index contributed by atoms with van der Waals surface area (Å²) < 4.78 is 1.12. The number of likely N-dealkylation sites (tertiary alicyclic amines) is 1. The third kappa shape index (κ3) is 4.26. The zero-order chi connectivity index (χ0) is 21.1. The van der Waals surface area contributed by atoms with Gasteiger partial charge in [0.25, 0.3) is 11.8 Å². The largest absolute Gasteiger partial charge is 0.349 e. The topological polar surface area (TPSA) is 49.4 Å². The van der Waals surface area contributed by atoms with Crippen LogP contribution in [0.1, 0.15) is 58.7 Å². The highest BCUT2D eigenvalue weighted by Gasteiger charge is 2.30. The lowest BCUT2D eigenvalue weighted by molar-refractivity contribution is 0.0614. The Balaban J connectivity index is 1.68. The van der Waals surface area contributed by atoms with E-state index >= 15 is 0 Å². The van der Waals surface area contributed by atoms with Gasteiger partial charge in [0, 0.05) is 28.9 Å². The Kier molecular flexibility index (Phi) is 6.18. The van der Waals surface area contributed by atoms with Crippen molar-refractivity contribution in [2.24, 2.45) is 0 Å². The molecule has 0 radical (unpaired) electrons. The van der Waals surface area contributed by atoms with Crippen LogP contribution < -0.4 is 5.32 Å². The predicted octanol–water partition coefficient (Wildman–Crippen LogP) is 5.28. The Bertz CT molecular complexity index is 1040. The standard InChI is InChI=1S/C25H28N2O2S/c1-17(2)26-24(28)23-21(20-13-6-7-14-22(20)30-23)16-19-12-8-9-15-27(19)25(29)18-10-4-3-5-11-18/h3-7,10-11,13-14,17,19H,8-9,12,15-16H2,1-2H3,(H,26,28). The van der Waals surface area contributed by atoms with E-state index in [0.717, 1.165) is 51.9 Å². The first-order chi connectivity index (χ1) is 14.5. The molecule has 0 saturated carbocycles. The van der Waals surface area contributed by atoms with Crippen molar-refractivity contribution in [3.05, 3.63) is 70.6 Å². The lowest BCUT2D eigenvalue weighted by Gasteiger charge is -2.36. The zero-order valence-corrected chi connectivity index (χ0v) is 18.4. The van der Waals surface area contributed by atoms with Crippen LogP contribution >= 0.6 is 11.3 Å². The summed E-state index contributed by atoms with van der Waals surface area (Å²) in [5, 5.41) is 4.18. The Labute approximate surface area is 181 Å². The molecular weight excluding hydrogens is 392 g/mol. The van der Waals surface area contributed by atoms with Gasteiger partial charge < -0.3 is 10.2 Å². The van der Waals surface area contributed by atoms with Gasteiger partial charge in [0.1, 0.15) is 0 Å². The first-order valence-electron chi connectivity index (χ1n) is 10.7. The molecule has 0 spiro atoms. The van der Waals surface area contributed by atoms with Crippen molar-refractivity contribution in [1.29, 1.82) is 0 Å². The molecule has 1 aromatic heterocycles. The highest BCUT2D eigenvalue weighted by Crippen LogP contribution is 2.34. The molecule has 156 valence electrons. The molecule has 4 nitrogen and oxygen atoms in total. The molecule has 4 rings (SSSR count). The monoisotopic (exact) mass is 420 g/mol. The molecule has 2 amide bonds. The van der Waals surface area contributed by atoms with Gasteiger partial charge in [0.2, 0.25) is 0 Å². The minimum absolute atomic E-state index is 0.0158. The molecule has 1 saturated heterocycles. The van der Waals surface area contributed by atoms with E-state index in [1.807, 2.05) is 61.2 Å². The highest BCUT2D eigenvalue weighted by molar-refractivity contribution is 7.21. The molecule has 0 bridgehead atoms. The molecule has 3 aromatic rings. The van der Waals surface area contributed by atoms with E-state index < -0.39 is 0 Å². The van der Waals surface area contributed by atoms with Gasteiger partial charge in [-0.2, -0.15) is 0 Å². The summed E-state index contributed by atoms with van der Waals surface area (Å²) in [6, 6.07) is 17.9. The number of amides is 2. The van der Waals surface area contributed by atoms with Crippen molar-refractivity contribution in [3.63, 3.8) is 0 Å². The molecule has 30 heavy (non-hydrogen) atoms. The maximum absolute atomic E-state index is 13.2. The minimum atomic E-state index is -0.0158. The Morgan fingerprint density at radius 3 is 2.57 bits per heavy atom. The van der Waals surface area contributed by atoms with Gasteiger partial charge in [-0.15, -0.1) is 11.3 Å². The van der Waals surface area contributed by atoms with Gasteiger partial charge in [-0.3, -0.25) is 9.59 Å². The summed E-state index contributed by atoms with van der Waals surface area (Å²) in [5.41, 5.74) is 1.81. The van der Waals surface area contributed by atoms with Crippen LogP contribution in [-0.4, -0.2) is 35.3 Å². The first kappa shape index (κ1) is 20.6. The van der Waals surface area contributed by atoms with E-state index in [4.69, 9.17) is 0 Å². The molecule has 5 heteroatoms. The Morgan fingerprint density at radius 2 is 1.80 bits per heavy atom. The average molecular weight is 421 g/mol. The van der Waals surface area contributed by atoms with Crippen LogP contribution in [-0.2, 0) is 6.42 Å². The van der Waals surface area contributed by atoms with Gasteiger partial charge in [-0.1, -0.05) is 36.4 Å². The fourth-order valence-electron chi connectivity index (χ4n) is 4.27. The van der Waals surface area contributed by atoms with Crippen LogP contribution in [0.2, 0.25) is 0 Å². The second-order valence-corrected chi connectivity index (χ2v) is 9.30. The maximum atomic E-state index is 13.2. The van der Waals surface area contributed by atoms with Crippen molar-refractivity contribution < 1.29 is 9.59 Å². The normalized spacial score (nSPS) is 16.8. The average Bonchev–Trinajstić information content (AvgIpc) is 3.12. The highest BCUT2D eigenvalue weighted by atomic mass is 32.1. The molecule has 1 aliphatic rings. The smallest absolute Gasteiger partial charge is 0.261 e. The molecule has 2 aromatic carbocycles. The quantitative estimate of drug-likeness (QED) is 0.611. The van der Waals surface area contributed by atoms with Crippen LogP contribution in [0, 0.1) is 0 Å². The number of hydrogen-bond acceptors (Lipinski definition) is 3. The molecule has 0 aliphatic carbocycles. The second kappa shape index (κ2) is 9.00. The third-order valence-electron chi connectivity index (χ3n) is 5.67. The summed E-state index contributed by atoms with van der Waals surface area (Å²) in [7, 11) is 0. The fourth-order valence-corrected chi connectivity index (χ4v) is 5.41. The van der Waals surface area contributed by atoms with Gasteiger partial charge in [0.05, 0.1) is 4.88 Å². The molecule has 1 atom stereocenters. The number of nitrogens with zero attached hydrogens (tertiary/aromatic N) is 1. The number of carbonyl (C=O) groups excluding carboxylic acids is 2. The van der Waals surface area contributed by atoms with E-state index in [1.165, 1.54) is 0 Å². The van der Waals surface area contributed by atoms with Gasteiger partial charge in [-0.05, 0) is 68.7 Å². The van der Waals surface area contributed by atoms with Crippen molar-refractivity contribution in [2.45, 2.75) is 51.6 Å². The van der Waals surface area contributed by atoms with E-state index in [9.17, 15) is 9.59 Å². The summed E-state index contributed by atoms with van der Waals surface area (Å²) in [6.45, 7) is 4.73. The third-order valence-corrected chi connectivity index (χ3v) is 6.88. The maximum Gasteiger partial charge on any atom is 0.261 e. The van der Waals surface area contributed by atoms with E-state index in [-0.39, 0.29) is 23.9 Å². The van der Waals surface area contributed by atoms with Gasteiger partial charge in [0.15, 0.2) is 0 Å². The summed E-state index contributed by atoms with van der Waals surface area (Å²) >= 11 is 1.55. The number of thiophene rings is 1. The van der Waals surface area contributed by atoms with Crippen molar-refractivity contribution in [1.82, 2.24) is 10.2 Å². The predicted molar refractivity (Wildman–Crippen MR) is 123 cm³/mol. The van der Waals surface area contributed by atoms with Crippen LogP contribution in [0.3, 0.4) is 0 Å². The van der Waals surface area contributed by atoms with Gasteiger partial charge in [-0.25, -0.2) is 0 Å². The summed E-state index contributed by atoms with van der Waals surface area (Å²) in [5.74, 6) is 0.0750. The molecular formula is C25H28N2O2S. The van der Waals surface area contributed by atoms with Crippen molar-refractivity contribution in [3.8, 4) is 0 Å². The molecule has 1 N–H and O–H groups in total. The number of nitrogens with one attached hydrogen (secondary N) is 1. The fraction of sp³-hybridized carbons (Fsp3) is 0.360. The van der Waals surface area contributed by atoms with Crippen LogP contribution in [0.15, 0.2) is 54.6 Å². The minimum Gasteiger partial charge on any atom is -0.349 e. The Morgan fingerprint density at radius 1 is 1.07 bits per heavy atom. The number of benzene rings is 2. The molecule has 1 unspecified atom stereocenters. The van der Waals surface area contributed by atoms with Crippen LogP contribution in [0.25, 0.3) is 10.1 Å². The lowest BCUT2D eigenvalue weighted by Crippen LogP contribution is -2.45. The van der Waals surface area contributed by atoms with E-state index in [1.54, 1.807) is 11.3 Å². The number of rotatable bonds is 5. The second-order valence-electron chi connectivity index (χ2n) is 8.25. The van der Waals surface area contributed by atoms with Crippen molar-refractivity contribution >= 4 is 33.2 Å². The summed E-state index contributed by atoms with van der Waals surface area (Å²) in [6.07, 6.45) is 3.82. The Hall–Kier alpha value is -2.66. The number of carbonyl (C=O) groups is 2. The van der Waals surface area contributed by atoms with Gasteiger partial charge >= 0.3 is 0 Å². The number of hydrogen-bond donors (Lipinski definition) is 1. The van der Waals surface area contributed by atoms with Crippen LogP contribution in [0.5, 0.6) is 0 Å². The number of piperidine rings is 1. The SMILES string of the molecule is CC(C)NC(=O)c1sc2ccccc2c1CC1CCCCN1C(=O)c1ccccc1. The molecule has 1 aliphatic heterocycles. The van der Waals surface area contributed by atoms with Crippen LogP contribution in [0.4, 0.5) is 0 Å². The zero-order valence-electron chi connectivity index (χ0n) is 17.6. The lowest BCUT2D eigenvalue weighted by atomic mass is 9.93. The van der Waals surface area contributed by atoms with E-state index in [2.05, 4.69) is 17.4 Å². The number of fused-ring (bicyclic) bond motifs is 1. The van der Waals surface area contributed by atoms with E-state index in [0.29, 0.717) is 6.42 Å². The first-order valence-corrected chi connectivity index (χ1v) is 11.5. The molecule has 2 heterocycles. The summed E-state index contributed by atoms with van der Waals surface area (Å²) in [4.78, 5) is 29.0. The van der Waals surface area contributed by atoms with Crippen molar-refractivity contribution in [2.75, 3.05) is 6.54 Å².